The van der Waals surface area contributed by atoms with E-state index in [9.17, 15) is 13.6 Å². The Bertz CT molecular complexity index is 460. The highest BCUT2D eigenvalue weighted by molar-refractivity contribution is 5.94. The highest BCUT2D eigenvalue weighted by atomic mass is 19.3. The predicted octanol–water partition coefficient (Wildman–Crippen LogP) is 2.67. The van der Waals surface area contributed by atoms with Crippen molar-refractivity contribution in [3.05, 3.63) is 29.8 Å². The minimum atomic E-state index is -2.87. The first-order valence-corrected chi connectivity index (χ1v) is 7.08. The molecule has 0 heterocycles. The lowest BCUT2D eigenvalue weighted by molar-refractivity contribution is -0.0498. The number of carbonyl (C=O) groups is 1. The van der Waals surface area contributed by atoms with E-state index in [2.05, 4.69) is 4.74 Å². The van der Waals surface area contributed by atoms with Gasteiger partial charge >= 0.3 is 6.61 Å². The first-order valence-electron chi connectivity index (χ1n) is 7.08. The fraction of sp³-hybridized carbons (Fsp3) is 0.533. The summed E-state index contributed by atoms with van der Waals surface area (Å²) in [4.78, 5) is 14.2. The number of halogens is 2. The number of nitrogens with zero attached hydrogens (tertiary/aromatic N) is 1. The normalized spacial score (nSPS) is 14.9. The van der Waals surface area contributed by atoms with Crippen LogP contribution in [0.2, 0.25) is 0 Å². The number of aliphatic hydroxyl groups excluding tert-OH is 1. The smallest absolute Gasteiger partial charge is 0.387 e. The maximum Gasteiger partial charge on any atom is 0.387 e. The van der Waals surface area contributed by atoms with Crippen molar-refractivity contribution in [1.29, 1.82) is 0 Å². The maximum absolute atomic E-state index is 12.5. The zero-order chi connectivity index (χ0) is 15.2. The molecule has 4 nitrogen and oxygen atoms in total. The van der Waals surface area contributed by atoms with Gasteiger partial charge < -0.3 is 14.7 Å². The van der Waals surface area contributed by atoms with Crippen LogP contribution >= 0.6 is 0 Å². The van der Waals surface area contributed by atoms with Crippen molar-refractivity contribution in [2.75, 3.05) is 13.2 Å². The average molecular weight is 299 g/mol. The van der Waals surface area contributed by atoms with E-state index in [4.69, 9.17) is 5.11 Å². The molecule has 1 aromatic rings. The van der Waals surface area contributed by atoms with Crippen LogP contribution in [0.3, 0.4) is 0 Å². The van der Waals surface area contributed by atoms with Crippen LogP contribution < -0.4 is 4.74 Å². The fourth-order valence-corrected chi connectivity index (χ4v) is 2.33. The Balaban J connectivity index is 2.04. The Morgan fingerprint density at radius 3 is 2.48 bits per heavy atom. The van der Waals surface area contributed by atoms with Crippen LogP contribution in [0.4, 0.5) is 8.78 Å². The van der Waals surface area contributed by atoms with Crippen molar-refractivity contribution >= 4 is 5.91 Å². The molecule has 1 N–H and O–H groups in total. The van der Waals surface area contributed by atoms with Gasteiger partial charge in [-0.3, -0.25) is 4.79 Å². The Labute approximate surface area is 122 Å². The summed E-state index contributed by atoms with van der Waals surface area (Å²) in [6.07, 6.45) is 3.59. The lowest BCUT2D eigenvalue weighted by Gasteiger charge is -2.37. The van der Waals surface area contributed by atoms with E-state index >= 15 is 0 Å². The van der Waals surface area contributed by atoms with Gasteiger partial charge in [0.15, 0.2) is 0 Å². The summed E-state index contributed by atoms with van der Waals surface area (Å²) in [7, 11) is 0. The van der Waals surface area contributed by atoms with Gasteiger partial charge in [0.1, 0.15) is 5.75 Å². The van der Waals surface area contributed by atoms with Crippen molar-refractivity contribution in [2.45, 2.75) is 38.3 Å². The first kappa shape index (κ1) is 15.7. The van der Waals surface area contributed by atoms with E-state index in [0.717, 1.165) is 19.3 Å². The van der Waals surface area contributed by atoms with Gasteiger partial charge in [-0.05, 0) is 49.9 Å². The molecule has 0 aliphatic heterocycles. The van der Waals surface area contributed by atoms with Gasteiger partial charge in [-0.15, -0.1) is 0 Å². The monoisotopic (exact) mass is 299 g/mol. The predicted molar refractivity (Wildman–Crippen MR) is 73.5 cm³/mol. The van der Waals surface area contributed by atoms with E-state index in [1.165, 1.54) is 24.3 Å². The summed E-state index contributed by atoms with van der Waals surface area (Å²) in [6, 6.07) is 5.94. The second kappa shape index (κ2) is 7.36. The molecule has 116 valence electrons. The summed E-state index contributed by atoms with van der Waals surface area (Å²) in [5.74, 6) is -0.0937. The topological polar surface area (TPSA) is 49.8 Å². The number of rotatable bonds is 7. The number of carbonyl (C=O) groups excluding carboxylic acids is 1. The van der Waals surface area contributed by atoms with Gasteiger partial charge in [-0.2, -0.15) is 8.78 Å². The molecule has 0 spiro atoms. The van der Waals surface area contributed by atoms with E-state index in [1.54, 1.807) is 4.90 Å². The third kappa shape index (κ3) is 4.14. The minimum Gasteiger partial charge on any atom is -0.435 e. The Morgan fingerprint density at radius 1 is 1.33 bits per heavy atom. The lowest BCUT2D eigenvalue weighted by atomic mass is 9.90. The lowest BCUT2D eigenvalue weighted by Crippen LogP contribution is -2.44. The number of benzene rings is 1. The van der Waals surface area contributed by atoms with Crippen LogP contribution in [0.15, 0.2) is 24.3 Å². The molecule has 0 saturated heterocycles. The Kier molecular flexibility index (Phi) is 5.50. The van der Waals surface area contributed by atoms with E-state index in [1.807, 2.05) is 0 Å². The summed E-state index contributed by atoms with van der Waals surface area (Å²) in [5.41, 5.74) is 0.446. The zero-order valence-corrected chi connectivity index (χ0v) is 11.7. The molecular formula is C15H19F2NO3. The number of hydrogen-bond donors (Lipinski definition) is 1. The zero-order valence-electron chi connectivity index (χ0n) is 11.7. The SMILES string of the molecule is O=C(c1ccc(OC(F)F)cc1)N(CCCO)C1CCC1. The molecule has 6 heteroatoms. The third-order valence-electron chi connectivity index (χ3n) is 3.66. The van der Waals surface area contributed by atoms with Crippen molar-refractivity contribution in [1.82, 2.24) is 4.90 Å². The molecule has 21 heavy (non-hydrogen) atoms. The van der Waals surface area contributed by atoms with Crippen LogP contribution in [-0.2, 0) is 0 Å². The van der Waals surface area contributed by atoms with Crippen molar-refractivity contribution in [2.24, 2.45) is 0 Å². The van der Waals surface area contributed by atoms with E-state index < -0.39 is 6.61 Å². The summed E-state index contributed by atoms with van der Waals surface area (Å²) in [6.45, 7) is -2.32. The molecule has 2 rings (SSSR count). The molecule has 0 aromatic heterocycles. The molecule has 1 aliphatic carbocycles. The third-order valence-corrected chi connectivity index (χ3v) is 3.66. The van der Waals surface area contributed by atoms with Gasteiger partial charge in [0.2, 0.25) is 0 Å². The molecule has 1 saturated carbocycles. The van der Waals surface area contributed by atoms with Crippen molar-refractivity contribution in [3.8, 4) is 5.75 Å². The van der Waals surface area contributed by atoms with Crippen LogP contribution in [0, 0.1) is 0 Å². The molecule has 1 amide bonds. The highest BCUT2D eigenvalue weighted by Crippen LogP contribution is 2.27. The standard InChI is InChI=1S/C15H19F2NO3/c16-15(17)21-13-7-5-11(6-8-13)14(20)18(9-2-10-19)12-3-1-4-12/h5-8,12,15,19H,1-4,9-10H2. The summed E-state index contributed by atoms with van der Waals surface area (Å²) < 4.78 is 28.4. The van der Waals surface area contributed by atoms with Gasteiger partial charge in [0, 0.05) is 24.8 Å². The van der Waals surface area contributed by atoms with E-state index in [0.29, 0.717) is 18.5 Å². The molecule has 0 atom stereocenters. The van der Waals surface area contributed by atoms with Crippen molar-refractivity contribution < 1.29 is 23.4 Å². The largest absolute Gasteiger partial charge is 0.435 e. The van der Waals surface area contributed by atoms with Crippen molar-refractivity contribution in [3.63, 3.8) is 0 Å². The Morgan fingerprint density at radius 2 is 2.00 bits per heavy atom. The van der Waals surface area contributed by atoms with Gasteiger partial charge in [0.25, 0.3) is 5.91 Å². The number of alkyl halides is 2. The van der Waals surface area contributed by atoms with Crippen LogP contribution in [-0.4, -0.2) is 41.7 Å². The second-order valence-corrected chi connectivity index (χ2v) is 5.06. The molecule has 0 unspecified atom stereocenters. The number of ether oxygens (including phenoxy) is 1. The highest BCUT2D eigenvalue weighted by Gasteiger charge is 2.28. The van der Waals surface area contributed by atoms with Gasteiger partial charge in [-0.1, -0.05) is 0 Å². The van der Waals surface area contributed by atoms with E-state index in [-0.39, 0.29) is 24.3 Å². The molecule has 0 radical (unpaired) electrons. The van der Waals surface area contributed by atoms with Crippen LogP contribution in [0.25, 0.3) is 0 Å². The maximum atomic E-state index is 12.5. The number of hydrogen-bond acceptors (Lipinski definition) is 3. The summed E-state index contributed by atoms with van der Waals surface area (Å²) >= 11 is 0. The molecule has 0 bridgehead atoms. The molecular weight excluding hydrogens is 280 g/mol. The molecule has 1 aromatic carbocycles. The summed E-state index contributed by atoms with van der Waals surface area (Å²) in [5, 5.41) is 8.93. The first-order chi connectivity index (χ1) is 10.1. The molecule has 1 aliphatic rings. The minimum absolute atomic E-state index is 0.0344. The quantitative estimate of drug-likeness (QED) is 0.842. The van der Waals surface area contributed by atoms with Gasteiger partial charge in [-0.25, -0.2) is 0 Å². The van der Waals surface area contributed by atoms with Crippen LogP contribution in [0.1, 0.15) is 36.0 Å². The number of amides is 1. The van der Waals surface area contributed by atoms with Gasteiger partial charge in [0.05, 0.1) is 0 Å². The fourth-order valence-electron chi connectivity index (χ4n) is 2.33. The average Bonchev–Trinajstić information content (AvgIpc) is 2.40. The Hall–Kier alpha value is -1.69. The second-order valence-electron chi connectivity index (χ2n) is 5.06. The van der Waals surface area contributed by atoms with Crippen LogP contribution in [0.5, 0.6) is 5.75 Å². The molecule has 1 fully saturated rings. The number of aliphatic hydroxyl groups is 1.